The Morgan fingerprint density at radius 1 is 0.971 bits per heavy atom. The number of piperidine rings is 1. The molecule has 182 valence electrons. The van der Waals surface area contributed by atoms with Gasteiger partial charge in [0, 0.05) is 18.3 Å². The highest BCUT2D eigenvalue weighted by Gasteiger charge is 2.20. The number of nitrogens with zero attached hydrogens (tertiary/aromatic N) is 6. The summed E-state index contributed by atoms with van der Waals surface area (Å²) in [4.78, 5) is 20.0. The normalized spacial score (nSPS) is 14.5. The Labute approximate surface area is 204 Å². The molecule has 0 aliphatic carbocycles. The van der Waals surface area contributed by atoms with Crippen molar-refractivity contribution in [2.24, 2.45) is 0 Å². The van der Waals surface area contributed by atoms with Gasteiger partial charge in [-0.25, -0.2) is 9.37 Å². The lowest BCUT2D eigenvalue weighted by molar-refractivity contribution is 0.221. The first-order valence-corrected chi connectivity index (χ1v) is 12.2. The Kier molecular flexibility index (Phi) is 6.85. The molecule has 0 saturated carbocycles. The van der Waals surface area contributed by atoms with Crippen molar-refractivity contribution in [2.45, 2.75) is 45.7 Å². The maximum Gasteiger partial charge on any atom is 0.320 e. The average Bonchev–Trinajstić information content (AvgIpc) is 3.23. The number of halogens is 1. The smallest absolute Gasteiger partial charge is 0.320 e. The lowest BCUT2D eigenvalue weighted by Crippen LogP contribution is -2.29. The van der Waals surface area contributed by atoms with Crippen LogP contribution in [0.15, 0.2) is 42.7 Å². The van der Waals surface area contributed by atoms with Gasteiger partial charge in [0.1, 0.15) is 11.6 Å². The van der Waals surface area contributed by atoms with Crippen LogP contribution in [0.5, 0.6) is 6.01 Å². The van der Waals surface area contributed by atoms with E-state index in [0.29, 0.717) is 35.7 Å². The molecular formula is C26H30FN7O. The molecule has 3 aromatic heterocycles. The third-order valence-electron chi connectivity index (χ3n) is 6.22. The molecule has 8 nitrogen and oxygen atoms in total. The third kappa shape index (κ3) is 5.24. The third-order valence-corrected chi connectivity index (χ3v) is 6.22. The van der Waals surface area contributed by atoms with Crippen LogP contribution in [-0.2, 0) is 13.1 Å². The van der Waals surface area contributed by atoms with Crippen molar-refractivity contribution >= 4 is 17.0 Å². The van der Waals surface area contributed by atoms with E-state index in [9.17, 15) is 4.39 Å². The minimum Gasteiger partial charge on any atom is -0.463 e. The summed E-state index contributed by atoms with van der Waals surface area (Å²) in [7, 11) is 0. The minimum atomic E-state index is -0.436. The van der Waals surface area contributed by atoms with Crippen LogP contribution >= 0.6 is 0 Å². The summed E-state index contributed by atoms with van der Waals surface area (Å²) >= 11 is 0. The van der Waals surface area contributed by atoms with E-state index in [1.54, 1.807) is 6.20 Å². The summed E-state index contributed by atoms with van der Waals surface area (Å²) in [6.45, 7) is 6.27. The fraction of sp³-hybridized carbons (Fsp3) is 0.385. The molecule has 35 heavy (non-hydrogen) atoms. The number of fused-ring (bicyclic) bond motifs is 1. The van der Waals surface area contributed by atoms with Crippen LogP contribution in [0.1, 0.15) is 43.7 Å². The van der Waals surface area contributed by atoms with Gasteiger partial charge >= 0.3 is 6.01 Å². The summed E-state index contributed by atoms with van der Waals surface area (Å²) in [5.74, 6) is 0.314. The molecule has 1 saturated heterocycles. The number of anilines is 1. The standard InChI is InChI=1S/C26H30FN7O/c1-2-12-35-26-31-23(28)22-25(32-26)34(24(30-22)20-13-21(27)15-29-14-20)17-19-8-6-18(7-9-19)16-33-10-4-3-5-11-33/h6-9,13-15H,2-5,10-12,16-17H2,1H3,(H2,28,31,32). The molecule has 2 N–H and O–H groups in total. The molecule has 1 aliphatic heterocycles. The van der Waals surface area contributed by atoms with Crippen LogP contribution < -0.4 is 10.5 Å². The van der Waals surface area contributed by atoms with Crippen LogP contribution in [0.2, 0.25) is 0 Å². The van der Waals surface area contributed by atoms with Gasteiger partial charge in [-0.1, -0.05) is 37.6 Å². The van der Waals surface area contributed by atoms with E-state index in [1.165, 1.54) is 37.1 Å². The van der Waals surface area contributed by atoms with Gasteiger partial charge in [-0.15, -0.1) is 0 Å². The molecule has 9 heteroatoms. The van der Waals surface area contributed by atoms with Gasteiger partial charge < -0.3 is 15.0 Å². The van der Waals surface area contributed by atoms with E-state index in [2.05, 4.69) is 49.1 Å². The SMILES string of the molecule is CCCOc1nc(N)c2nc(-c3cncc(F)c3)n(Cc3ccc(CN4CCCCC4)cc3)c2n1. The summed E-state index contributed by atoms with van der Waals surface area (Å²) in [6.07, 6.45) is 7.46. The summed E-state index contributed by atoms with van der Waals surface area (Å²) in [5, 5.41) is 0. The molecule has 0 radical (unpaired) electrons. The van der Waals surface area contributed by atoms with Crippen molar-refractivity contribution < 1.29 is 9.13 Å². The Morgan fingerprint density at radius 3 is 2.43 bits per heavy atom. The van der Waals surface area contributed by atoms with Crippen molar-refractivity contribution in [2.75, 3.05) is 25.4 Å². The van der Waals surface area contributed by atoms with Gasteiger partial charge in [-0.3, -0.25) is 9.88 Å². The second kappa shape index (κ2) is 10.4. The van der Waals surface area contributed by atoms with Crippen molar-refractivity contribution in [1.29, 1.82) is 0 Å². The summed E-state index contributed by atoms with van der Waals surface area (Å²) in [6, 6.07) is 10.2. The Bertz CT molecular complexity index is 1300. The lowest BCUT2D eigenvalue weighted by Gasteiger charge is -2.26. The number of nitrogen functional groups attached to an aromatic ring is 1. The highest BCUT2D eigenvalue weighted by Crippen LogP contribution is 2.29. The molecular weight excluding hydrogens is 445 g/mol. The molecule has 1 fully saturated rings. The Hall–Kier alpha value is -3.59. The average molecular weight is 476 g/mol. The monoisotopic (exact) mass is 475 g/mol. The number of imidazole rings is 1. The zero-order valence-electron chi connectivity index (χ0n) is 20.0. The van der Waals surface area contributed by atoms with Crippen molar-refractivity contribution in [1.82, 2.24) is 29.4 Å². The van der Waals surface area contributed by atoms with Crippen LogP contribution in [0.4, 0.5) is 10.2 Å². The summed E-state index contributed by atoms with van der Waals surface area (Å²) < 4.78 is 21.6. The molecule has 0 spiro atoms. The van der Waals surface area contributed by atoms with E-state index in [0.717, 1.165) is 31.6 Å². The van der Waals surface area contributed by atoms with E-state index in [-0.39, 0.29) is 11.8 Å². The number of ether oxygens (including phenoxy) is 1. The molecule has 4 heterocycles. The number of benzene rings is 1. The number of likely N-dealkylation sites (tertiary alicyclic amines) is 1. The highest BCUT2D eigenvalue weighted by molar-refractivity contribution is 5.85. The van der Waals surface area contributed by atoms with Crippen molar-refractivity contribution in [3.05, 3.63) is 59.7 Å². The van der Waals surface area contributed by atoms with E-state index < -0.39 is 5.82 Å². The number of nitrogens with two attached hydrogens (primary N) is 1. The second-order valence-electron chi connectivity index (χ2n) is 8.98. The predicted molar refractivity (Wildman–Crippen MR) is 133 cm³/mol. The van der Waals surface area contributed by atoms with Gasteiger partial charge in [0.05, 0.1) is 19.3 Å². The maximum atomic E-state index is 14.0. The predicted octanol–water partition coefficient (Wildman–Crippen LogP) is 4.43. The maximum absolute atomic E-state index is 14.0. The number of hydrogen-bond donors (Lipinski definition) is 1. The van der Waals surface area contributed by atoms with Crippen LogP contribution in [0.25, 0.3) is 22.6 Å². The zero-order valence-corrected chi connectivity index (χ0v) is 20.0. The zero-order chi connectivity index (χ0) is 24.2. The number of hydrogen-bond acceptors (Lipinski definition) is 7. The van der Waals surface area contributed by atoms with E-state index in [1.807, 2.05) is 11.5 Å². The summed E-state index contributed by atoms with van der Waals surface area (Å²) in [5.41, 5.74) is 10.1. The topological polar surface area (TPSA) is 95.0 Å². The molecule has 0 bridgehead atoms. The molecule has 0 unspecified atom stereocenters. The van der Waals surface area contributed by atoms with E-state index >= 15 is 0 Å². The van der Waals surface area contributed by atoms with Crippen LogP contribution in [0, 0.1) is 5.82 Å². The second-order valence-corrected chi connectivity index (χ2v) is 8.98. The minimum absolute atomic E-state index is 0.207. The fourth-order valence-corrected chi connectivity index (χ4v) is 4.47. The lowest BCUT2D eigenvalue weighted by atomic mass is 10.1. The first-order valence-electron chi connectivity index (χ1n) is 12.2. The first kappa shape index (κ1) is 23.2. The van der Waals surface area contributed by atoms with Gasteiger partial charge in [-0.2, -0.15) is 9.97 Å². The van der Waals surface area contributed by atoms with Crippen molar-refractivity contribution in [3.63, 3.8) is 0 Å². The van der Waals surface area contributed by atoms with Gasteiger partial charge in [0.25, 0.3) is 0 Å². The van der Waals surface area contributed by atoms with Crippen molar-refractivity contribution in [3.8, 4) is 17.4 Å². The molecule has 0 atom stereocenters. The van der Waals surface area contributed by atoms with Crippen LogP contribution in [0.3, 0.4) is 0 Å². The molecule has 4 aromatic rings. The highest BCUT2D eigenvalue weighted by atomic mass is 19.1. The Balaban J connectivity index is 1.50. The van der Waals surface area contributed by atoms with Gasteiger partial charge in [-0.05, 0) is 49.5 Å². The number of pyridine rings is 1. The molecule has 5 rings (SSSR count). The van der Waals surface area contributed by atoms with E-state index in [4.69, 9.17) is 10.5 Å². The largest absolute Gasteiger partial charge is 0.463 e. The first-order chi connectivity index (χ1) is 17.1. The van der Waals surface area contributed by atoms with Gasteiger partial charge in [0.2, 0.25) is 0 Å². The quantitative estimate of drug-likeness (QED) is 0.403. The molecule has 1 aliphatic rings. The van der Waals surface area contributed by atoms with Gasteiger partial charge in [0.15, 0.2) is 17.0 Å². The Morgan fingerprint density at radius 2 is 1.71 bits per heavy atom. The van der Waals surface area contributed by atoms with Crippen LogP contribution in [-0.4, -0.2) is 49.1 Å². The molecule has 0 amide bonds. The fourth-order valence-electron chi connectivity index (χ4n) is 4.47. The molecule has 1 aromatic carbocycles. The number of aromatic nitrogens is 5. The number of rotatable bonds is 8.